The highest BCUT2D eigenvalue weighted by Gasteiger charge is 2.32. The largest absolute Gasteiger partial charge is 0.480 e. The van der Waals surface area contributed by atoms with Crippen molar-refractivity contribution in [1.29, 1.82) is 0 Å². The number of nitrogens with one attached hydrogen (secondary N) is 2. The number of aliphatic carboxylic acids is 1. The number of carbonyl (C=O) groups excluding carboxylic acids is 2. The average Bonchev–Trinajstić information content (AvgIpc) is 2.97. The third-order valence-corrected chi connectivity index (χ3v) is 9.13. The molecule has 0 aromatic carbocycles. The van der Waals surface area contributed by atoms with E-state index in [4.69, 9.17) is 14.2 Å². The van der Waals surface area contributed by atoms with Gasteiger partial charge in [-0.1, -0.05) is 32.1 Å². The van der Waals surface area contributed by atoms with Gasteiger partial charge in [-0.3, -0.25) is 4.79 Å². The van der Waals surface area contributed by atoms with Crippen LogP contribution in [-0.4, -0.2) is 127 Å². The van der Waals surface area contributed by atoms with Gasteiger partial charge in [0.05, 0.1) is 36.4 Å². The first-order valence-corrected chi connectivity index (χ1v) is 17.2. The van der Waals surface area contributed by atoms with Crippen molar-refractivity contribution < 1.29 is 38.8 Å². The summed E-state index contributed by atoms with van der Waals surface area (Å²) in [6, 6.07) is -1.47. The molecular formula is C35H62N4O8. The van der Waals surface area contributed by atoms with Crippen molar-refractivity contribution in [2.45, 2.75) is 123 Å². The number of nitrogens with zero attached hydrogens (tertiary/aromatic N) is 2. The molecule has 0 radical (unpaired) electrons. The summed E-state index contributed by atoms with van der Waals surface area (Å²) in [6.45, 7) is 16.8. The number of methoxy groups -OCH3 is 1. The number of amides is 3. The zero-order chi connectivity index (χ0) is 35.3. The van der Waals surface area contributed by atoms with Crippen molar-refractivity contribution in [3.63, 3.8) is 0 Å². The van der Waals surface area contributed by atoms with Gasteiger partial charge in [0.2, 0.25) is 5.91 Å². The molecule has 0 saturated carbocycles. The van der Waals surface area contributed by atoms with Crippen molar-refractivity contribution in [2.24, 2.45) is 11.8 Å². The Morgan fingerprint density at radius 1 is 1.11 bits per heavy atom. The number of carboxylic acid groups (broad SMARTS) is 1. The summed E-state index contributed by atoms with van der Waals surface area (Å²) < 4.78 is 18.1. The van der Waals surface area contributed by atoms with E-state index < -0.39 is 35.9 Å². The highest BCUT2D eigenvalue weighted by Crippen LogP contribution is 2.31. The number of aliphatic hydroxyl groups excluding tert-OH is 1. The summed E-state index contributed by atoms with van der Waals surface area (Å²) in [4.78, 5) is 40.8. The predicted octanol–water partition coefficient (Wildman–Crippen LogP) is 3.58. The number of carboxylic acids is 1. The Bertz CT molecular complexity index is 1060. The van der Waals surface area contributed by atoms with Crippen LogP contribution in [0, 0.1) is 11.8 Å². The van der Waals surface area contributed by atoms with E-state index in [9.17, 15) is 24.6 Å². The molecule has 2 fully saturated rings. The Morgan fingerprint density at radius 3 is 2.36 bits per heavy atom. The first kappa shape index (κ1) is 40.7. The number of aliphatic hydroxyl groups is 1. The van der Waals surface area contributed by atoms with Crippen LogP contribution in [0.1, 0.15) is 80.6 Å². The van der Waals surface area contributed by atoms with Gasteiger partial charge in [0.15, 0.2) is 0 Å². The van der Waals surface area contributed by atoms with E-state index in [1.165, 1.54) is 0 Å². The summed E-state index contributed by atoms with van der Waals surface area (Å²) in [7, 11) is 3.56. The van der Waals surface area contributed by atoms with Crippen LogP contribution < -0.4 is 10.6 Å². The van der Waals surface area contributed by atoms with E-state index in [2.05, 4.69) is 68.4 Å². The Labute approximate surface area is 282 Å². The molecule has 12 nitrogen and oxygen atoms in total. The topological polar surface area (TPSA) is 150 Å². The smallest absolute Gasteiger partial charge is 0.326 e. The first-order valence-electron chi connectivity index (χ1n) is 17.2. The fourth-order valence-electron chi connectivity index (χ4n) is 6.59. The summed E-state index contributed by atoms with van der Waals surface area (Å²) >= 11 is 0. The van der Waals surface area contributed by atoms with E-state index in [0.717, 1.165) is 37.9 Å². The van der Waals surface area contributed by atoms with Gasteiger partial charge in [0.1, 0.15) is 12.1 Å². The van der Waals surface area contributed by atoms with Crippen LogP contribution in [0.3, 0.4) is 0 Å². The number of carbonyl (C=O) groups is 3. The molecule has 3 amide bonds. The Hall–Kier alpha value is -2.51. The fraction of sp³-hybridized carbons (Fsp3) is 0.800. The lowest BCUT2D eigenvalue weighted by Crippen LogP contribution is -2.54. The number of hydrogen-bond donors (Lipinski definition) is 4. The second-order valence-electron chi connectivity index (χ2n) is 14.2. The highest BCUT2D eigenvalue weighted by molar-refractivity contribution is 5.82. The summed E-state index contributed by atoms with van der Waals surface area (Å²) in [5.41, 5.74) is 0.686. The third kappa shape index (κ3) is 14.2. The molecule has 4 N–H and O–H groups in total. The zero-order valence-electron chi connectivity index (χ0n) is 30.2. The molecule has 0 aromatic heterocycles. The quantitative estimate of drug-likeness (QED) is 0.171. The molecule has 2 heterocycles. The monoisotopic (exact) mass is 666 g/mol. The molecule has 2 aliphatic heterocycles. The van der Waals surface area contributed by atoms with E-state index in [1.807, 2.05) is 14.0 Å². The van der Waals surface area contributed by atoms with Gasteiger partial charge >= 0.3 is 12.0 Å². The normalized spacial score (nSPS) is 24.8. The molecule has 0 aliphatic carbocycles. The molecule has 0 unspecified atom stereocenters. The van der Waals surface area contributed by atoms with Crippen LogP contribution in [0.15, 0.2) is 23.8 Å². The van der Waals surface area contributed by atoms with Crippen LogP contribution in [0.4, 0.5) is 4.79 Å². The Balaban J connectivity index is 1.82. The summed E-state index contributed by atoms with van der Waals surface area (Å²) in [5, 5.41) is 25.0. The molecule has 0 aromatic rings. The number of likely N-dealkylation sites (N-methyl/N-ethyl adjacent to an activating group) is 1. The number of hydrogen-bond acceptors (Lipinski definition) is 8. The molecular weight excluding hydrogens is 604 g/mol. The molecule has 12 heteroatoms. The van der Waals surface area contributed by atoms with Gasteiger partial charge in [-0.05, 0) is 84.8 Å². The molecule has 0 spiro atoms. The van der Waals surface area contributed by atoms with Crippen molar-refractivity contribution in [3.8, 4) is 0 Å². The molecule has 2 rings (SSSR count). The maximum atomic E-state index is 12.7. The SMILES string of the molecule is CO[C@@H]([C@@H](C)O)[C@@H](C)OC(C)(C)C[C@H](C)/C=C/C=C(\C)[C@H]1O[C@@H](CC(=O)NCC[C@H](NC(=O)N2CCN(C)CC2)C(=O)O)CC[C@@H]1C. The second-order valence-corrected chi connectivity index (χ2v) is 14.2. The number of rotatable bonds is 17. The Kier molecular flexibility index (Phi) is 16.9. The van der Waals surface area contributed by atoms with Gasteiger partial charge in [0, 0.05) is 39.8 Å². The molecule has 270 valence electrons. The van der Waals surface area contributed by atoms with Crippen LogP contribution in [0.5, 0.6) is 0 Å². The van der Waals surface area contributed by atoms with Crippen LogP contribution >= 0.6 is 0 Å². The predicted molar refractivity (Wildman–Crippen MR) is 182 cm³/mol. The van der Waals surface area contributed by atoms with Crippen molar-refractivity contribution in [1.82, 2.24) is 20.4 Å². The Morgan fingerprint density at radius 2 is 1.77 bits per heavy atom. The molecule has 0 bridgehead atoms. The fourth-order valence-corrected chi connectivity index (χ4v) is 6.59. The number of urea groups is 1. The molecule has 2 saturated heterocycles. The molecule has 2 aliphatic rings. The van der Waals surface area contributed by atoms with E-state index in [1.54, 1.807) is 18.9 Å². The van der Waals surface area contributed by atoms with Crippen molar-refractivity contribution in [3.05, 3.63) is 23.8 Å². The second kappa shape index (κ2) is 19.5. The van der Waals surface area contributed by atoms with Crippen LogP contribution in [0.25, 0.3) is 0 Å². The minimum absolute atomic E-state index is 0.0935. The molecule has 47 heavy (non-hydrogen) atoms. The standard InChI is InChI=1S/C35H62N4O8/c1-23(22-35(6,7)47-27(5)32(45-9)26(4)40)11-10-12-24(2)31-25(3)13-14-28(46-31)21-30(41)36-16-15-29(33(42)43)37-34(44)39-19-17-38(8)18-20-39/h10-12,23,25-29,31-32,40H,13-22H2,1-9H3,(H,36,41)(H,37,44)(H,42,43)/b11-10+,24-12+/t23-,25+,26-,27-,28-,29+,31-,32+/m1/s1. The van der Waals surface area contributed by atoms with Crippen molar-refractivity contribution in [2.75, 3.05) is 46.9 Å². The van der Waals surface area contributed by atoms with Gasteiger partial charge in [-0.2, -0.15) is 0 Å². The first-order chi connectivity index (χ1) is 22.0. The maximum Gasteiger partial charge on any atom is 0.326 e. The van der Waals surface area contributed by atoms with Gasteiger partial charge < -0.3 is 44.9 Å². The van der Waals surface area contributed by atoms with E-state index in [0.29, 0.717) is 19.0 Å². The lowest BCUT2D eigenvalue weighted by molar-refractivity contribution is -0.149. The van der Waals surface area contributed by atoms with Gasteiger partial charge in [-0.25, -0.2) is 9.59 Å². The molecule has 8 atom stereocenters. The van der Waals surface area contributed by atoms with E-state index in [-0.39, 0.29) is 49.5 Å². The van der Waals surface area contributed by atoms with E-state index >= 15 is 0 Å². The van der Waals surface area contributed by atoms with Crippen LogP contribution in [-0.2, 0) is 23.8 Å². The summed E-state index contributed by atoms with van der Waals surface area (Å²) in [6.07, 6.45) is 7.47. The lowest BCUT2D eigenvalue weighted by Gasteiger charge is -2.35. The van der Waals surface area contributed by atoms with Gasteiger partial charge in [0.25, 0.3) is 0 Å². The third-order valence-electron chi connectivity index (χ3n) is 9.13. The van der Waals surface area contributed by atoms with Gasteiger partial charge in [-0.15, -0.1) is 0 Å². The maximum absolute atomic E-state index is 12.7. The lowest BCUT2D eigenvalue weighted by atomic mass is 9.88. The number of allylic oxidation sites excluding steroid dienone is 3. The average molecular weight is 667 g/mol. The van der Waals surface area contributed by atoms with Crippen molar-refractivity contribution >= 4 is 17.9 Å². The highest BCUT2D eigenvalue weighted by atomic mass is 16.6. The van der Waals surface area contributed by atoms with Crippen LogP contribution in [0.2, 0.25) is 0 Å². The number of piperazine rings is 1. The minimum Gasteiger partial charge on any atom is -0.480 e. The zero-order valence-corrected chi connectivity index (χ0v) is 30.2. The summed E-state index contributed by atoms with van der Waals surface area (Å²) in [5.74, 6) is -0.763. The minimum atomic E-state index is -1.13. The number of ether oxygens (including phenoxy) is 3.